The van der Waals surface area contributed by atoms with Crippen molar-refractivity contribution in [3.8, 4) is 0 Å². The quantitative estimate of drug-likeness (QED) is 0.650. The van der Waals surface area contributed by atoms with Crippen molar-refractivity contribution in [1.82, 2.24) is 0 Å². The van der Waals surface area contributed by atoms with E-state index in [2.05, 4.69) is 0 Å². The lowest BCUT2D eigenvalue weighted by Crippen LogP contribution is -2.20. The molecule has 1 rings (SSSR count). The third kappa shape index (κ3) is 2.87. The van der Waals surface area contributed by atoms with Crippen molar-refractivity contribution in [2.24, 2.45) is 0 Å². The first-order valence-electron chi connectivity index (χ1n) is 5.10. The summed E-state index contributed by atoms with van der Waals surface area (Å²) in [6.45, 7) is 2.12. The van der Waals surface area contributed by atoms with Gasteiger partial charge in [-0.2, -0.15) is 0 Å². The van der Waals surface area contributed by atoms with Crippen molar-refractivity contribution in [1.29, 1.82) is 0 Å². The average Bonchev–Trinajstić information content (AvgIpc) is 2.26. The zero-order valence-corrected chi connectivity index (χ0v) is 9.54. The van der Waals surface area contributed by atoms with Crippen LogP contribution < -0.4 is 5.73 Å². The van der Waals surface area contributed by atoms with Gasteiger partial charge in [-0.15, -0.1) is 0 Å². The third-order valence-electron chi connectivity index (χ3n) is 2.30. The summed E-state index contributed by atoms with van der Waals surface area (Å²) in [5, 5.41) is 0. The third-order valence-corrected chi connectivity index (χ3v) is 2.30. The summed E-state index contributed by atoms with van der Waals surface area (Å²) in [6.07, 6.45) is -3.52. The van der Waals surface area contributed by atoms with E-state index >= 15 is 0 Å². The van der Waals surface area contributed by atoms with E-state index in [1.165, 1.54) is 18.2 Å². The first-order chi connectivity index (χ1) is 7.84. The number of halogens is 2. The maximum Gasteiger partial charge on any atom is 0.197 e. The molecule has 2 unspecified atom stereocenters. The molecular weight excluding hydrogens is 228 g/mol. The van der Waals surface area contributed by atoms with Gasteiger partial charge in [0.25, 0.3) is 0 Å². The molecule has 0 aliphatic rings. The molecule has 2 atom stereocenters. The molecule has 0 radical (unpaired) electrons. The first-order valence-corrected chi connectivity index (χ1v) is 5.10. The van der Waals surface area contributed by atoms with Gasteiger partial charge in [-0.1, -0.05) is 0 Å². The molecule has 0 heterocycles. The van der Waals surface area contributed by atoms with Crippen molar-refractivity contribution < 1.29 is 18.4 Å². The molecule has 0 amide bonds. The molecule has 0 spiro atoms. The maximum atomic E-state index is 13.0. The minimum Gasteiger partial charge on any atom is -0.399 e. The van der Waals surface area contributed by atoms with E-state index in [-0.39, 0.29) is 16.8 Å². The molecule has 2 N–H and O–H groups in total. The van der Waals surface area contributed by atoms with E-state index in [9.17, 15) is 18.4 Å². The molecule has 0 bridgehead atoms. The van der Waals surface area contributed by atoms with Gasteiger partial charge in [-0.3, -0.25) is 9.59 Å². The van der Waals surface area contributed by atoms with Crippen LogP contribution in [-0.2, 0) is 0 Å². The Balaban J connectivity index is 3.31. The van der Waals surface area contributed by atoms with Gasteiger partial charge in [0, 0.05) is 16.8 Å². The molecule has 0 saturated heterocycles. The Hall–Kier alpha value is -1.78. The highest BCUT2D eigenvalue weighted by molar-refractivity contribution is 6.11. The summed E-state index contributed by atoms with van der Waals surface area (Å²) in [5.74, 6) is -1.73. The van der Waals surface area contributed by atoms with Crippen LogP contribution in [0.25, 0.3) is 0 Å². The van der Waals surface area contributed by atoms with Crippen LogP contribution in [0.4, 0.5) is 14.5 Å². The van der Waals surface area contributed by atoms with E-state index in [0.29, 0.717) is 0 Å². The summed E-state index contributed by atoms with van der Waals surface area (Å²) in [6, 6.07) is 3.80. The Kier molecular flexibility index (Phi) is 3.93. The van der Waals surface area contributed by atoms with Gasteiger partial charge in [-0.25, -0.2) is 8.78 Å². The van der Waals surface area contributed by atoms with Crippen LogP contribution in [0.15, 0.2) is 18.2 Å². The number of rotatable bonds is 4. The fraction of sp³-hybridized carbons (Fsp3) is 0.333. The standard InChI is InChI=1S/C12H13F2NO2/c1-6(13)11(16)9-4-3-8(15)5-10(9)12(17)7(2)14/h3-7H,15H2,1-2H3. The van der Waals surface area contributed by atoms with Gasteiger partial charge < -0.3 is 5.73 Å². The SMILES string of the molecule is CC(F)C(=O)c1ccc(N)cc1C(=O)C(C)F. The van der Waals surface area contributed by atoms with Gasteiger partial charge in [-0.05, 0) is 32.0 Å². The Bertz CT molecular complexity index is 456. The van der Waals surface area contributed by atoms with Gasteiger partial charge in [0.1, 0.15) is 0 Å². The highest BCUT2D eigenvalue weighted by Crippen LogP contribution is 2.19. The minimum absolute atomic E-state index is 0.135. The fourth-order valence-corrected chi connectivity index (χ4v) is 1.41. The Morgan fingerprint density at radius 1 is 1.06 bits per heavy atom. The molecule has 0 saturated carbocycles. The lowest BCUT2D eigenvalue weighted by Gasteiger charge is -2.10. The Labute approximate surface area is 97.6 Å². The molecular formula is C12H13F2NO2. The monoisotopic (exact) mass is 241 g/mol. The van der Waals surface area contributed by atoms with E-state index < -0.39 is 23.9 Å². The van der Waals surface area contributed by atoms with Crippen molar-refractivity contribution in [3.63, 3.8) is 0 Å². The van der Waals surface area contributed by atoms with Crippen LogP contribution in [0.3, 0.4) is 0 Å². The molecule has 92 valence electrons. The minimum atomic E-state index is -1.77. The number of anilines is 1. The van der Waals surface area contributed by atoms with E-state index in [4.69, 9.17) is 5.73 Å². The van der Waals surface area contributed by atoms with Crippen LogP contribution in [0.5, 0.6) is 0 Å². The zero-order chi connectivity index (χ0) is 13.2. The number of ketones is 2. The van der Waals surface area contributed by atoms with Gasteiger partial charge in [0.15, 0.2) is 23.9 Å². The Morgan fingerprint density at radius 3 is 2.00 bits per heavy atom. The summed E-state index contributed by atoms with van der Waals surface area (Å²) in [4.78, 5) is 23.1. The van der Waals surface area contributed by atoms with Crippen molar-refractivity contribution in [3.05, 3.63) is 29.3 Å². The van der Waals surface area contributed by atoms with E-state index in [1.54, 1.807) is 0 Å². The molecule has 1 aromatic rings. The van der Waals surface area contributed by atoms with E-state index in [0.717, 1.165) is 13.8 Å². The zero-order valence-electron chi connectivity index (χ0n) is 9.54. The number of carbonyl (C=O) groups is 2. The topological polar surface area (TPSA) is 60.2 Å². The molecule has 3 nitrogen and oxygen atoms in total. The first kappa shape index (κ1) is 13.3. The summed E-state index contributed by atoms with van der Waals surface area (Å²) >= 11 is 0. The second-order valence-electron chi connectivity index (χ2n) is 3.77. The molecule has 0 aromatic heterocycles. The van der Waals surface area contributed by atoms with Crippen molar-refractivity contribution >= 4 is 17.3 Å². The van der Waals surface area contributed by atoms with Crippen LogP contribution in [0.2, 0.25) is 0 Å². The average molecular weight is 241 g/mol. The van der Waals surface area contributed by atoms with Crippen LogP contribution >= 0.6 is 0 Å². The van der Waals surface area contributed by atoms with E-state index in [1.807, 2.05) is 0 Å². The largest absolute Gasteiger partial charge is 0.399 e. The Morgan fingerprint density at radius 2 is 1.53 bits per heavy atom. The number of hydrogen-bond acceptors (Lipinski definition) is 3. The normalized spacial score (nSPS) is 14.1. The predicted molar refractivity (Wildman–Crippen MR) is 60.7 cm³/mol. The van der Waals surface area contributed by atoms with Gasteiger partial charge in [0.2, 0.25) is 0 Å². The number of carbonyl (C=O) groups excluding carboxylic acids is 2. The molecule has 1 aromatic carbocycles. The maximum absolute atomic E-state index is 13.0. The molecule has 0 aliphatic carbocycles. The lowest BCUT2D eigenvalue weighted by atomic mass is 9.96. The number of nitrogens with two attached hydrogens (primary N) is 1. The predicted octanol–water partition coefficient (Wildman–Crippen LogP) is 2.35. The van der Waals surface area contributed by atoms with Crippen molar-refractivity contribution in [2.45, 2.75) is 26.2 Å². The number of Topliss-reactive ketones (excluding diaryl/α,β-unsaturated/α-hetero) is 2. The van der Waals surface area contributed by atoms with Gasteiger partial charge >= 0.3 is 0 Å². The number of alkyl halides is 2. The van der Waals surface area contributed by atoms with Crippen LogP contribution in [0, 0.1) is 0 Å². The highest BCUT2D eigenvalue weighted by atomic mass is 19.1. The number of benzene rings is 1. The molecule has 17 heavy (non-hydrogen) atoms. The smallest absolute Gasteiger partial charge is 0.197 e. The summed E-state index contributed by atoms with van der Waals surface area (Å²) < 4.78 is 25.9. The second-order valence-corrected chi connectivity index (χ2v) is 3.77. The summed E-state index contributed by atoms with van der Waals surface area (Å²) in [5.41, 5.74) is 5.37. The molecule has 0 aliphatic heterocycles. The lowest BCUT2D eigenvalue weighted by molar-refractivity contribution is 0.0859. The highest BCUT2D eigenvalue weighted by Gasteiger charge is 2.24. The second kappa shape index (κ2) is 5.03. The molecule has 0 fully saturated rings. The number of hydrogen-bond donors (Lipinski definition) is 1. The van der Waals surface area contributed by atoms with Gasteiger partial charge in [0.05, 0.1) is 0 Å². The number of nitrogen functional groups attached to an aromatic ring is 1. The van der Waals surface area contributed by atoms with Crippen LogP contribution in [0.1, 0.15) is 34.6 Å². The summed E-state index contributed by atoms with van der Waals surface area (Å²) in [7, 11) is 0. The van der Waals surface area contributed by atoms with Crippen LogP contribution in [-0.4, -0.2) is 23.9 Å². The van der Waals surface area contributed by atoms with Crippen molar-refractivity contribution in [2.75, 3.05) is 5.73 Å². The molecule has 5 heteroatoms. The fourth-order valence-electron chi connectivity index (χ4n) is 1.41.